The van der Waals surface area contributed by atoms with Gasteiger partial charge in [-0.25, -0.2) is 4.79 Å². The van der Waals surface area contributed by atoms with Crippen LogP contribution in [0.3, 0.4) is 0 Å². The Hall–Kier alpha value is -1.57. The van der Waals surface area contributed by atoms with Gasteiger partial charge in [-0.1, -0.05) is 50.4 Å². The number of benzene rings is 2. The quantitative estimate of drug-likeness (QED) is 0.508. The topological polar surface area (TPSA) is 70.2 Å². The molecule has 0 radical (unpaired) electrons. The average Bonchev–Trinajstić information content (AvgIpc) is 2.51. The second-order valence-electron chi connectivity index (χ2n) is 5.18. The highest BCUT2D eigenvalue weighted by atomic mass is 79.9. The SMILES string of the molecule is CCCNC(=O)c1ccc(Br)cc1NC(=O)Nc1cc(Cl)cc(Br)c1. The fourth-order valence-electron chi connectivity index (χ4n) is 2.06. The van der Waals surface area contributed by atoms with Gasteiger partial charge in [-0.15, -0.1) is 0 Å². The average molecular weight is 490 g/mol. The molecule has 25 heavy (non-hydrogen) atoms. The highest BCUT2D eigenvalue weighted by Crippen LogP contribution is 2.24. The summed E-state index contributed by atoms with van der Waals surface area (Å²) < 4.78 is 1.50. The molecular weight excluding hydrogens is 473 g/mol. The Morgan fingerprint density at radius 1 is 1.04 bits per heavy atom. The summed E-state index contributed by atoms with van der Waals surface area (Å²) in [6.07, 6.45) is 0.829. The Kier molecular flexibility index (Phi) is 7.28. The van der Waals surface area contributed by atoms with Crippen molar-refractivity contribution >= 4 is 66.8 Å². The zero-order valence-electron chi connectivity index (χ0n) is 13.3. The second-order valence-corrected chi connectivity index (χ2v) is 7.45. The molecule has 0 aromatic heterocycles. The normalized spacial score (nSPS) is 10.2. The summed E-state index contributed by atoms with van der Waals surface area (Å²) >= 11 is 12.6. The van der Waals surface area contributed by atoms with Crippen LogP contribution in [-0.2, 0) is 0 Å². The van der Waals surface area contributed by atoms with Gasteiger partial charge in [0.25, 0.3) is 5.91 Å². The zero-order chi connectivity index (χ0) is 18.4. The van der Waals surface area contributed by atoms with Crippen LogP contribution >= 0.6 is 43.5 Å². The molecule has 0 aliphatic heterocycles. The number of urea groups is 1. The summed E-state index contributed by atoms with van der Waals surface area (Å²) in [5, 5.41) is 8.68. The number of halogens is 3. The largest absolute Gasteiger partial charge is 0.352 e. The van der Waals surface area contributed by atoms with Gasteiger partial charge in [-0.2, -0.15) is 0 Å². The first-order valence-electron chi connectivity index (χ1n) is 7.51. The Balaban J connectivity index is 2.16. The Bertz CT molecular complexity index is 779. The number of rotatable bonds is 5. The molecule has 0 atom stereocenters. The van der Waals surface area contributed by atoms with E-state index in [0.717, 1.165) is 15.4 Å². The third kappa shape index (κ3) is 6.02. The van der Waals surface area contributed by atoms with Crippen LogP contribution in [0.25, 0.3) is 0 Å². The number of hydrogen-bond donors (Lipinski definition) is 3. The molecule has 2 rings (SSSR count). The van der Waals surface area contributed by atoms with Crippen molar-refractivity contribution in [2.45, 2.75) is 13.3 Å². The zero-order valence-corrected chi connectivity index (χ0v) is 17.3. The van der Waals surface area contributed by atoms with Gasteiger partial charge in [-0.05, 0) is 42.8 Å². The van der Waals surface area contributed by atoms with Gasteiger partial charge in [-0.3, -0.25) is 4.79 Å². The van der Waals surface area contributed by atoms with Crippen LogP contribution in [0.1, 0.15) is 23.7 Å². The van der Waals surface area contributed by atoms with E-state index < -0.39 is 6.03 Å². The van der Waals surface area contributed by atoms with Crippen molar-refractivity contribution in [2.24, 2.45) is 0 Å². The highest BCUT2D eigenvalue weighted by Gasteiger charge is 2.14. The van der Waals surface area contributed by atoms with Gasteiger partial charge >= 0.3 is 6.03 Å². The first-order valence-corrected chi connectivity index (χ1v) is 9.47. The van der Waals surface area contributed by atoms with Gasteiger partial charge in [0.1, 0.15) is 0 Å². The van der Waals surface area contributed by atoms with Gasteiger partial charge in [0.2, 0.25) is 0 Å². The molecule has 0 bridgehead atoms. The predicted octanol–water partition coefficient (Wildman–Crippen LogP) is 5.65. The van der Waals surface area contributed by atoms with Crippen molar-refractivity contribution in [1.82, 2.24) is 5.32 Å². The lowest BCUT2D eigenvalue weighted by atomic mass is 10.1. The second kappa shape index (κ2) is 9.22. The molecule has 8 heteroatoms. The predicted molar refractivity (Wildman–Crippen MR) is 109 cm³/mol. The Morgan fingerprint density at radius 3 is 2.48 bits per heavy atom. The number of carbonyl (C=O) groups is 2. The molecule has 2 aromatic rings. The third-order valence-electron chi connectivity index (χ3n) is 3.13. The first-order chi connectivity index (χ1) is 11.9. The number of anilines is 2. The molecule has 3 amide bonds. The van der Waals surface area contributed by atoms with Gasteiger partial charge < -0.3 is 16.0 Å². The van der Waals surface area contributed by atoms with Crippen molar-refractivity contribution in [1.29, 1.82) is 0 Å². The van der Waals surface area contributed by atoms with Crippen LogP contribution in [0.5, 0.6) is 0 Å². The molecular formula is C17H16Br2ClN3O2. The fourth-order valence-corrected chi connectivity index (χ4v) is 3.28. The molecule has 0 heterocycles. The standard InChI is InChI=1S/C17H16Br2ClN3O2/c1-2-5-21-16(24)14-4-3-10(18)8-15(14)23-17(25)22-13-7-11(19)6-12(20)9-13/h3-4,6-9H,2,5H2,1H3,(H,21,24)(H2,22,23,25). The molecule has 132 valence electrons. The summed E-state index contributed by atoms with van der Waals surface area (Å²) in [5.41, 5.74) is 1.32. The molecule has 5 nitrogen and oxygen atoms in total. The highest BCUT2D eigenvalue weighted by molar-refractivity contribution is 9.10. The molecule has 0 fully saturated rings. The van der Waals surface area contributed by atoms with E-state index in [2.05, 4.69) is 47.8 Å². The van der Waals surface area contributed by atoms with E-state index in [-0.39, 0.29) is 5.91 Å². The maximum atomic E-state index is 12.3. The molecule has 0 aliphatic rings. The van der Waals surface area contributed by atoms with E-state index in [1.807, 2.05) is 6.92 Å². The molecule has 0 unspecified atom stereocenters. The van der Waals surface area contributed by atoms with Crippen LogP contribution in [0, 0.1) is 0 Å². The summed E-state index contributed by atoms with van der Waals surface area (Å²) in [5.74, 6) is -0.241. The minimum Gasteiger partial charge on any atom is -0.352 e. The molecule has 0 saturated heterocycles. The third-order valence-corrected chi connectivity index (χ3v) is 4.30. The van der Waals surface area contributed by atoms with Gasteiger partial charge in [0.15, 0.2) is 0 Å². The Labute approximate surface area is 167 Å². The van der Waals surface area contributed by atoms with E-state index in [0.29, 0.717) is 28.5 Å². The maximum Gasteiger partial charge on any atom is 0.323 e. The van der Waals surface area contributed by atoms with Crippen molar-refractivity contribution in [3.8, 4) is 0 Å². The van der Waals surface area contributed by atoms with Crippen LogP contribution in [0.2, 0.25) is 5.02 Å². The molecule has 3 N–H and O–H groups in total. The first kappa shape index (κ1) is 19.8. The summed E-state index contributed by atoms with van der Waals surface area (Å²) in [6, 6.07) is 9.67. The van der Waals surface area contributed by atoms with Crippen LogP contribution in [-0.4, -0.2) is 18.5 Å². The minimum atomic E-state index is -0.475. The lowest BCUT2D eigenvalue weighted by Gasteiger charge is -2.13. The molecule has 0 spiro atoms. The smallest absolute Gasteiger partial charge is 0.323 e. The fraction of sp³-hybridized carbons (Fsp3) is 0.176. The minimum absolute atomic E-state index is 0.241. The van der Waals surface area contributed by atoms with E-state index in [1.54, 1.807) is 36.4 Å². The van der Waals surface area contributed by atoms with Gasteiger partial charge in [0.05, 0.1) is 11.3 Å². The maximum absolute atomic E-state index is 12.3. The molecule has 2 aromatic carbocycles. The number of hydrogen-bond acceptors (Lipinski definition) is 2. The number of nitrogens with one attached hydrogen (secondary N) is 3. The molecule has 0 saturated carbocycles. The molecule has 0 aliphatic carbocycles. The summed E-state index contributed by atoms with van der Waals surface area (Å²) in [6.45, 7) is 2.54. The van der Waals surface area contributed by atoms with E-state index >= 15 is 0 Å². The van der Waals surface area contributed by atoms with E-state index in [4.69, 9.17) is 11.6 Å². The number of amides is 3. The van der Waals surface area contributed by atoms with Crippen LogP contribution in [0.15, 0.2) is 45.3 Å². The van der Waals surface area contributed by atoms with Gasteiger partial charge in [0, 0.05) is 26.2 Å². The van der Waals surface area contributed by atoms with Crippen molar-refractivity contribution in [2.75, 3.05) is 17.2 Å². The van der Waals surface area contributed by atoms with Crippen LogP contribution < -0.4 is 16.0 Å². The van der Waals surface area contributed by atoms with Crippen molar-refractivity contribution < 1.29 is 9.59 Å². The monoisotopic (exact) mass is 487 g/mol. The Morgan fingerprint density at radius 2 is 1.80 bits per heavy atom. The number of carbonyl (C=O) groups excluding carboxylic acids is 2. The van der Waals surface area contributed by atoms with E-state index in [9.17, 15) is 9.59 Å². The van der Waals surface area contributed by atoms with Crippen LogP contribution in [0.4, 0.5) is 16.2 Å². The summed E-state index contributed by atoms with van der Waals surface area (Å²) in [4.78, 5) is 24.5. The van der Waals surface area contributed by atoms with E-state index in [1.165, 1.54) is 0 Å². The van der Waals surface area contributed by atoms with Crippen molar-refractivity contribution in [3.63, 3.8) is 0 Å². The summed E-state index contributed by atoms with van der Waals surface area (Å²) in [7, 11) is 0. The lowest BCUT2D eigenvalue weighted by molar-refractivity contribution is 0.0954. The van der Waals surface area contributed by atoms with Crippen molar-refractivity contribution in [3.05, 3.63) is 55.9 Å². The lowest BCUT2D eigenvalue weighted by Crippen LogP contribution is -2.27.